The Balaban J connectivity index is 2.48. The Morgan fingerprint density at radius 1 is 1.32 bits per heavy atom. The number of carbonyl (C=O) groups is 2. The molecule has 0 saturated carbocycles. The number of amides is 2. The summed E-state index contributed by atoms with van der Waals surface area (Å²) in [5.41, 5.74) is 5.42. The van der Waals surface area contributed by atoms with E-state index in [-0.39, 0.29) is 10.6 Å². The Bertz CT molecular complexity index is 654. The van der Waals surface area contributed by atoms with Crippen LogP contribution in [0.1, 0.15) is 10.4 Å². The first-order chi connectivity index (χ1) is 8.97. The van der Waals surface area contributed by atoms with Gasteiger partial charge in [0.25, 0.3) is 0 Å². The third-order valence-corrected chi connectivity index (χ3v) is 3.41. The van der Waals surface area contributed by atoms with Crippen LogP contribution in [0.15, 0.2) is 30.3 Å². The highest BCUT2D eigenvalue weighted by molar-refractivity contribution is 7.20. The number of hydrogen-bond donors (Lipinski definition) is 3. The number of nitrogens with two attached hydrogens (primary N) is 1. The molecule has 19 heavy (non-hydrogen) atoms. The third-order valence-electron chi connectivity index (χ3n) is 2.31. The second-order valence-electron chi connectivity index (χ2n) is 3.66. The molecule has 0 aliphatic heterocycles. The number of primary amides is 1. The van der Waals surface area contributed by atoms with Crippen LogP contribution in [0, 0.1) is 5.82 Å². The van der Waals surface area contributed by atoms with Crippen LogP contribution in [0.5, 0.6) is 0 Å². The zero-order chi connectivity index (χ0) is 14.0. The number of urea groups is 1. The van der Waals surface area contributed by atoms with E-state index in [4.69, 9.17) is 10.8 Å². The lowest BCUT2D eigenvalue weighted by molar-refractivity contribution is 0.0698. The molecule has 1 aromatic heterocycles. The molecule has 0 spiro atoms. The fraction of sp³-hybridized carbons (Fsp3) is 0. The van der Waals surface area contributed by atoms with Crippen LogP contribution < -0.4 is 11.1 Å². The van der Waals surface area contributed by atoms with E-state index in [9.17, 15) is 14.0 Å². The second kappa shape index (κ2) is 5.07. The topological polar surface area (TPSA) is 92.4 Å². The van der Waals surface area contributed by atoms with Crippen LogP contribution in [-0.4, -0.2) is 17.1 Å². The molecule has 0 radical (unpaired) electrons. The molecule has 0 unspecified atom stereocenters. The van der Waals surface area contributed by atoms with Gasteiger partial charge in [0.1, 0.15) is 10.8 Å². The van der Waals surface area contributed by atoms with E-state index in [2.05, 4.69) is 5.32 Å². The molecule has 98 valence electrons. The van der Waals surface area contributed by atoms with Gasteiger partial charge in [-0.3, -0.25) is 5.32 Å². The lowest BCUT2D eigenvalue weighted by Gasteiger charge is -1.98. The van der Waals surface area contributed by atoms with Crippen molar-refractivity contribution in [2.75, 3.05) is 5.32 Å². The number of carboxylic acid groups (broad SMARTS) is 1. The molecule has 2 aromatic rings. The largest absolute Gasteiger partial charge is 0.478 e. The zero-order valence-corrected chi connectivity index (χ0v) is 10.3. The van der Waals surface area contributed by atoms with Crippen LogP contribution in [0.3, 0.4) is 0 Å². The van der Waals surface area contributed by atoms with Gasteiger partial charge < -0.3 is 10.8 Å². The molecule has 1 heterocycles. The van der Waals surface area contributed by atoms with E-state index < -0.39 is 17.8 Å². The van der Waals surface area contributed by atoms with Gasteiger partial charge in [-0.2, -0.15) is 0 Å². The smallest absolute Gasteiger partial charge is 0.338 e. The van der Waals surface area contributed by atoms with Crippen molar-refractivity contribution in [3.8, 4) is 10.4 Å². The molecular formula is C12H9FN2O3S. The number of halogens is 1. The molecule has 5 nitrogen and oxygen atoms in total. The normalized spacial score (nSPS) is 10.2. The number of rotatable bonds is 3. The summed E-state index contributed by atoms with van der Waals surface area (Å²) in [6, 6.07) is 6.26. The number of thiophene rings is 1. The Morgan fingerprint density at radius 3 is 2.63 bits per heavy atom. The lowest BCUT2D eigenvalue weighted by Crippen LogP contribution is -2.19. The summed E-state index contributed by atoms with van der Waals surface area (Å²) in [5.74, 6) is -1.62. The van der Waals surface area contributed by atoms with Crippen molar-refractivity contribution < 1.29 is 19.1 Å². The van der Waals surface area contributed by atoms with Gasteiger partial charge in [-0.25, -0.2) is 14.0 Å². The summed E-state index contributed by atoms with van der Waals surface area (Å²) in [6.45, 7) is 0. The standard InChI is InChI=1S/C12H9FN2O3S/c13-7-3-1-2-6(4-7)9-5-8(11(16)17)10(19-9)15-12(14)18/h1-5H,(H,16,17)(H3,14,15,18). The highest BCUT2D eigenvalue weighted by Gasteiger charge is 2.17. The molecule has 4 N–H and O–H groups in total. The predicted octanol–water partition coefficient (Wildman–Crippen LogP) is 2.74. The maximum Gasteiger partial charge on any atom is 0.338 e. The maximum atomic E-state index is 13.1. The molecule has 1 aromatic carbocycles. The first kappa shape index (κ1) is 13.0. The van der Waals surface area contributed by atoms with Gasteiger partial charge in [0.15, 0.2) is 0 Å². The Kier molecular flexibility index (Phi) is 3.48. The number of carboxylic acids is 1. The van der Waals surface area contributed by atoms with Crippen molar-refractivity contribution in [2.24, 2.45) is 5.73 Å². The summed E-state index contributed by atoms with van der Waals surface area (Å²) in [7, 11) is 0. The summed E-state index contributed by atoms with van der Waals surface area (Å²) in [4.78, 5) is 22.4. The van der Waals surface area contributed by atoms with Crippen molar-refractivity contribution in [2.45, 2.75) is 0 Å². The first-order valence-corrected chi connectivity index (χ1v) is 5.98. The van der Waals surface area contributed by atoms with Gasteiger partial charge in [-0.15, -0.1) is 11.3 Å². The van der Waals surface area contributed by atoms with E-state index in [1.165, 1.54) is 24.3 Å². The van der Waals surface area contributed by atoms with E-state index >= 15 is 0 Å². The second-order valence-corrected chi connectivity index (χ2v) is 4.71. The number of aromatic carboxylic acids is 1. The van der Waals surface area contributed by atoms with Crippen LogP contribution >= 0.6 is 11.3 Å². The summed E-state index contributed by atoms with van der Waals surface area (Å²) >= 11 is 1.02. The minimum Gasteiger partial charge on any atom is -0.478 e. The molecular weight excluding hydrogens is 271 g/mol. The molecule has 0 bridgehead atoms. The summed E-state index contributed by atoms with van der Waals surface area (Å²) in [5, 5.41) is 11.4. The van der Waals surface area contributed by atoms with E-state index in [1.807, 2.05) is 0 Å². The first-order valence-electron chi connectivity index (χ1n) is 5.17. The van der Waals surface area contributed by atoms with Crippen LogP contribution in [0.2, 0.25) is 0 Å². The molecule has 0 aliphatic rings. The number of hydrogen-bond acceptors (Lipinski definition) is 3. The van der Waals surface area contributed by atoms with Crippen molar-refractivity contribution in [1.82, 2.24) is 0 Å². The zero-order valence-electron chi connectivity index (χ0n) is 9.51. The van der Waals surface area contributed by atoms with Gasteiger partial charge in [0.05, 0.1) is 5.56 Å². The number of anilines is 1. The SMILES string of the molecule is NC(=O)Nc1sc(-c2cccc(F)c2)cc1C(=O)O. The minimum atomic E-state index is -1.19. The van der Waals surface area contributed by atoms with Crippen LogP contribution in [0.4, 0.5) is 14.2 Å². The Morgan fingerprint density at radius 2 is 2.05 bits per heavy atom. The number of benzene rings is 1. The average molecular weight is 280 g/mol. The number of nitrogens with one attached hydrogen (secondary N) is 1. The number of carbonyl (C=O) groups excluding carboxylic acids is 1. The van der Waals surface area contributed by atoms with E-state index in [0.29, 0.717) is 10.4 Å². The van der Waals surface area contributed by atoms with Gasteiger partial charge in [-0.1, -0.05) is 12.1 Å². The highest BCUT2D eigenvalue weighted by atomic mass is 32.1. The Labute approximate surface area is 111 Å². The summed E-state index contributed by atoms with van der Waals surface area (Å²) < 4.78 is 13.1. The van der Waals surface area contributed by atoms with E-state index in [0.717, 1.165) is 11.3 Å². The molecule has 0 fully saturated rings. The van der Waals surface area contributed by atoms with Crippen LogP contribution in [-0.2, 0) is 0 Å². The maximum absolute atomic E-state index is 13.1. The van der Waals surface area contributed by atoms with Crippen molar-refractivity contribution >= 4 is 28.3 Å². The quantitative estimate of drug-likeness (QED) is 0.807. The molecule has 7 heteroatoms. The molecule has 2 rings (SSSR count). The van der Waals surface area contributed by atoms with Gasteiger partial charge in [-0.05, 0) is 23.8 Å². The molecule has 0 saturated heterocycles. The van der Waals surface area contributed by atoms with Crippen molar-refractivity contribution in [1.29, 1.82) is 0 Å². The monoisotopic (exact) mass is 280 g/mol. The highest BCUT2D eigenvalue weighted by Crippen LogP contribution is 2.35. The average Bonchev–Trinajstić information content (AvgIpc) is 2.72. The molecule has 0 atom stereocenters. The van der Waals surface area contributed by atoms with Crippen molar-refractivity contribution in [3.63, 3.8) is 0 Å². The van der Waals surface area contributed by atoms with Crippen LogP contribution in [0.25, 0.3) is 10.4 Å². The van der Waals surface area contributed by atoms with E-state index in [1.54, 1.807) is 6.07 Å². The molecule has 2 amide bonds. The fourth-order valence-corrected chi connectivity index (χ4v) is 2.59. The third kappa shape index (κ3) is 2.89. The lowest BCUT2D eigenvalue weighted by atomic mass is 10.1. The van der Waals surface area contributed by atoms with Gasteiger partial charge >= 0.3 is 12.0 Å². The fourth-order valence-electron chi connectivity index (χ4n) is 1.54. The minimum absolute atomic E-state index is 0.0805. The van der Waals surface area contributed by atoms with Crippen molar-refractivity contribution in [3.05, 3.63) is 41.7 Å². The summed E-state index contributed by atoms with van der Waals surface area (Å²) in [6.07, 6.45) is 0. The molecule has 0 aliphatic carbocycles. The van der Waals surface area contributed by atoms with Gasteiger partial charge in [0, 0.05) is 4.88 Å². The van der Waals surface area contributed by atoms with Gasteiger partial charge in [0.2, 0.25) is 0 Å². The Hall–Kier alpha value is -2.41. The predicted molar refractivity (Wildman–Crippen MR) is 69.9 cm³/mol.